The standard InChI is InChI=1S/C28H26N2O2/c1-3-25(21-8-6-5-7-9-21)28(23-15-16-26-24(18-23)19-29-30-26)22-13-10-20(11-14-22)12-17-27(31)32-4-2/h5-19H,3-4H2,1-2H3,(H,29,30)/b17-12?,28-25+. The minimum absolute atomic E-state index is 0.331. The molecule has 0 saturated carbocycles. The van der Waals surface area contributed by atoms with Gasteiger partial charge in [0.05, 0.1) is 18.3 Å². The van der Waals surface area contributed by atoms with Gasteiger partial charge in [-0.05, 0) is 65.0 Å². The molecule has 1 N–H and O–H groups in total. The molecule has 0 fully saturated rings. The van der Waals surface area contributed by atoms with Gasteiger partial charge in [0, 0.05) is 11.5 Å². The first-order chi connectivity index (χ1) is 15.7. The fourth-order valence-corrected chi connectivity index (χ4v) is 3.89. The molecule has 4 rings (SSSR count). The van der Waals surface area contributed by atoms with Gasteiger partial charge in [0.25, 0.3) is 0 Å². The Labute approximate surface area is 188 Å². The number of fused-ring (bicyclic) bond motifs is 1. The van der Waals surface area contributed by atoms with E-state index in [1.165, 1.54) is 22.8 Å². The molecule has 0 amide bonds. The van der Waals surface area contributed by atoms with Gasteiger partial charge in [-0.15, -0.1) is 0 Å². The van der Waals surface area contributed by atoms with Crippen LogP contribution < -0.4 is 0 Å². The molecule has 0 bridgehead atoms. The predicted molar refractivity (Wildman–Crippen MR) is 131 cm³/mol. The highest BCUT2D eigenvalue weighted by Gasteiger charge is 2.14. The van der Waals surface area contributed by atoms with Gasteiger partial charge in [0.1, 0.15) is 0 Å². The van der Waals surface area contributed by atoms with Gasteiger partial charge in [-0.2, -0.15) is 5.10 Å². The van der Waals surface area contributed by atoms with Crippen LogP contribution in [0.3, 0.4) is 0 Å². The summed E-state index contributed by atoms with van der Waals surface area (Å²) in [5, 5.41) is 8.28. The van der Waals surface area contributed by atoms with E-state index in [4.69, 9.17) is 4.74 Å². The lowest BCUT2D eigenvalue weighted by Gasteiger charge is -2.17. The maximum Gasteiger partial charge on any atom is 0.330 e. The second kappa shape index (κ2) is 9.92. The van der Waals surface area contributed by atoms with E-state index in [9.17, 15) is 4.79 Å². The maximum absolute atomic E-state index is 11.6. The summed E-state index contributed by atoms with van der Waals surface area (Å²) in [6.07, 6.45) is 5.99. The Morgan fingerprint density at radius 1 is 0.938 bits per heavy atom. The number of nitrogens with one attached hydrogen (secondary N) is 1. The lowest BCUT2D eigenvalue weighted by molar-refractivity contribution is -0.137. The molecule has 0 radical (unpaired) electrons. The molecular formula is C28H26N2O2. The number of aromatic amines is 1. The number of esters is 1. The van der Waals surface area contributed by atoms with Crippen molar-refractivity contribution >= 4 is 34.1 Å². The summed E-state index contributed by atoms with van der Waals surface area (Å²) in [7, 11) is 0. The Bertz CT molecular complexity index is 1270. The molecule has 0 aliphatic rings. The van der Waals surface area contributed by atoms with Crippen molar-refractivity contribution in [1.29, 1.82) is 0 Å². The summed E-state index contributed by atoms with van der Waals surface area (Å²) < 4.78 is 4.97. The number of rotatable bonds is 7. The van der Waals surface area contributed by atoms with E-state index >= 15 is 0 Å². The van der Waals surface area contributed by atoms with Crippen molar-refractivity contribution in [3.8, 4) is 0 Å². The smallest absolute Gasteiger partial charge is 0.330 e. The largest absolute Gasteiger partial charge is 0.463 e. The number of hydrogen-bond acceptors (Lipinski definition) is 3. The molecule has 32 heavy (non-hydrogen) atoms. The molecule has 4 nitrogen and oxygen atoms in total. The van der Waals surface area contributed by atoms with Crippen molar-refractivity contribution in [3.05, 3.63) is 107 Å². The van der Waals surface area contributed by atoms with E-state index in [1.54, 1.807) is 13.0 Å². The quantitative estimate of drug-likeness (QED) is 0.210. The number of hydrogen-bond donors (Lipinski definition) is 1. The average molecular weight is 423 g/mol. The zero-order valence-corrected chi connectivity index (χ0v) is 18.3. The molecule has 160 valence electrons. The fraction of sp³-hybridized carbons (Fsp3) is 0.143. The molecule has 0 atom stereocenters. The Morgan fingerprint density at radius 3 is 2.41 bits per heavy atom. The van der Waals surface area contributed by atoms with Crippen LogP contribution >= 0.6 is 0 Å². The average Bonchev–Trinajstić information content (AvgIpc) is 3.30. The van der Waals surface area contributed by atoms with Gasteiger partial charge in [-0.3, -0.25) is 5.10 Å². The summed E-state index contributed by atoms with van der Waals surface area (Å²) in [6.45, 7) is 4.36. The summed E-state index contributed by atoms with van der Waals surface area (Å²) in [4.78, 5) is 11.6. The van der Waals surface area contributed by atoms with E-state index in [0.717, 1.165) is 34.0 Å². The number of ether oxygens (including phenoxy) is 1. The second-order valence-electron chi connectivity index (χ2n) is 7.45. The molecule has 0 aliphatic heterocycles. The van der Waals surface area contributed by atoms with Gasteiger partial charge in [0.2, 0.25) is 0 Å². The number of nitrogens with zero attached hydrogens (tertiary/aromatic N) is 1. The van der Waals surface area contributed by atoms with Crippen molar-refractivity contribution in [2.45, 2.75) is 20.3 Å². The fourth-order valence-electron chi connectivity index (χ4n) is 3.89. The number of carbonyl (C=O) groups excluding carboxylic acids is 1. The van der Waals surface area contributed by atoms with Crippen LogP contribution in [0.25, 0.3) is 28.1 Å². The van der Waals surface area contributed by atoms with E-state index in [0.29, 0.717) is 6.61 Å². The number of benzene rings is 3. The topological polar surface area (TPSA) is 55.0 Å². The first-order valence-corrected chi connectivity index (χ1v) is 10.9. The van der Waals surface area contributed by atoms with E-state index in [1.807, 2.05) is 24.4 Å². The van der Waals surface area contributed by atoms with Gasteiger partial charge >= 0.3 is 5.97 Å². The van der Waals surface area contributed by atoms with Crippen LogP contribution in [0.15, 0.2) is 85.1 Å². The van der Waals surface area contributed by atoms with E-state index in [-0.39, 0.29) is 5.97 Å². The van der Waals surface area contributed by atoms with Crippen LogP contribution in [0.1, 0.15) is 42.5 Å². The molecule has 0 spiro atoms. The molecule has 4 heteroatoms. The second-order valence-corrected chi connectivity index (χ2v) is 7.45. The Kier molecular flexibility index (Phi) is 6.61. The van der Waals surface area contributed by atoms with Crippen LogP contribution in [0.2, 0.25) is 0 Å². The zero-order valence-electron chi connectivity index (χ0n) is 18.3. The number of carbonyl (C=O) groups is 1. The summed E-state index contributed by atoms with van der Waals surface area (Å²) >= 11 is 0. The van der Waals surface area contributed by atoms with Gasteiger partial charge in [-0.25, -0.2) is 4.79 Å². The first-order valence-electron chi connectivity index (χ1n) is 10.9. The number of H-pyrrole nitrogens is 1. The van der Waals surface area contributed by atoms with Crippen LogP contribution in [-0.2, 0) is 9.53 Å². The van der Waals surface area contributed by atoms with Crippen LogP contribution in [-0.4, -0.2) is 22.8 Å². The molecular weight excluding hydrogens is 396 g/mol. The molecule has 3 aromatic carbocycles. The molecule has 1 aromatic heterocycles. The van der Waals surface area contributed by atoms with Crippen molar-refractivity contribution in [2.24, 2.45) is 0 Å². The predicted octanol–water partition coefficient (Wildman–Crippen LogP) is 6.51. The Morgan fingerprint density at radius 2 is 1.69 bits per heavy atom. The van der Waals surface area contributed by atoms with Crippen LogP contribution in [0.5, 0.6) is 0 Å². The third kappa shape index (κ3) is 4.70. The van der Waals surface area contributed by atoms with Crippen LogP contribution in [0.4, 0.5) is 0 Å². The van der Waals surface area contributed by atoms with Crippen LogP contribution in [0, 0.1) is 0 Å². The molecule has 1 heterocycles. The third-order valence-electron chi connectivity index (χ3n) is 5.40. The Balaban J connectivity index is 1.81. The summed E-state index contributed by atoms with van der Waals surface area (Å²) in [6, 6.07) is 25.2. The summed E-state index contributed by atoms with van der Waals surface area (Å²) in [5.74, 6) is -0.331. The highest BCUT2D eigenvalue weighted by molar-refractivity contribution is 6.00. The van der Waals surface area contributed by atoms with Gasteiger partial charge in [-0.1, -0.05) is 67.6 Å². The first kappa shape index (κ1) is 21.3. The highest BCUT2D eigenvalue weighted by atomic mass is 16.5. The van der Waals surface area contributed by atoms with Crippen molar-refractivity contribution < 1.29 is 9.53 Å². The molecule has 0 saturated heterocycles. The van der Waals surface area contributed by atoms with Gasteiger partial charge in [0.15, 0.2) is 0 Å². The zero-order chi connectivity index (χ0) is 22.3. The monoisotopic (exact) mass is 422 g/mol. The lowest BCUT2D eigenvalue weighted by Crippen LogP contribution is -1.98. The minimum atomic E-state index is -0.331. The highest BCUT2D eigenvalue weighted by Crippen LogP contribution is 2.35. The Hall–Kier alpha value is -3.92. The molecule has 0 aliphatic carbocycles. The molecule has 4 aromatic rings. The lowest BCUT2D eigenvalue weighted by atomic mass is 9.87. The van der Waals surface area contributed by atoms with Gasteiger partial charge < -0.3 is 4.74 Å². The van der Waals surface area contributed by atoms with Crippen molar-refractivity contribution in [1.82, 2.24) is 10.2 Å². The van der Waals surface area contributed by atoms with E-state index in [2.05, 4.69) is 71.7 Å². The third-order valence-corrected chi connectivity index (χ3v) is 5.40. The molecule has 0 unspecified atom stereocenters. The number of allylic oxidation sites excluding steroid dienone is 1. The maximum atomic E-state index is 11.6. The minimum Gasteiger partial charge on any atom is -0.463 e. The van der Waals surface area contributed by atoms with E-state index < -0.39 is 0 Å². The van der Waals surface area contributed by atoms with Crippen molar-refractivity contribution in [2.75, 3.05) is 6.61 Å². The number of aromatic nitrogens is 2. The SMILES string of the molecule is CCOC(=O)C=Cc1ccc(/C(=C(/CC)c2ccccc2)c2ccc3[nH]ncc3c2)cc1. The summed E-state index contributed by atoms with van der Waals surface area (Å²) in [5.41, 5.74) is 7.93. The normalized spacial score (nSPS) is 12.2. The van der Waals surface area contributed by atoms with Crippen molar-refractivity contribution in [3.63, 3.8) is 0 Å².